The highest BCUT2D eigenvalue weighted by molar-refractivity contribution is 5.62. The van der Waals surface area contributed by atoms with Gasteiger partial charge in [0.15, 0.2) is 5.82 Å². The summed E-state index contributed by atoms with van der Waals surface area (Å²) < 4.78 is 34.9. The van der Waals surface area contributed by atoms with Crippen molar-refractivity contribution in [3.63, 3.8) is 0 Å². The van der Waals surface area contributed by atoms with E-state index in [4.69, 9.17) is 4.52 Å². The van der Waals surface area contributed by atoms with E-state index < -0.39 is 11.6 Å². The van der Waals surface area contributed by atoms with Crippen molar-refractivity contribution in [2.45, 2.75) is 57.3 Å². The summed E-state index contributed by atoms with van der Waals surface area (Å²) in [5.74, 6) is 0.466. The van der Waals surface area contributed by atoms with Gasteiger partial charge >= 0.3 is 0 Å². The highest BCUT2D eigenvalue weighted by atomic mass is 19.1. The molecule has 2 atom stereocenters. The van der Waals surface area contributed by atoms with Gasteiger partial charge in [0.05, 0.1) is 5.69 Å². The highest BCUT2D eigenvalue weighted by Gasteiger charge is 2.44. The predicted molar refractivity (Wildman–Crippen MR) is 94.8 cm³/mol. The van der Waals surface area contributed by atoms with Crippen LogP contribution >= 0.6 is 0 Å². The summed E-state index contributed by atoms with van der Waals surface area (Å²) in [6.45, 7) is 6.01. The van der Waals surface area contributed by atoms with Crippen molar-refractivity contribution in [3.05, 3.63) is 47.0 Å². The summed E-state index contributed by atoms with van der Waals surface area (Å²) in [4.78, 5) is 4.55. The van der Waals surface area contributed by atoms with Crippen LogP contribution in [0.15, 0.2) is 22.7 Å². The summed E-state index contributed by atoms with van der Waals surface area (Å²) in [6, 6.07) is 3.58. The fourth-order valence-electron chi connectivity index (χ4n) is 4.36. The van der Waals surface area contributed by atoms with Gasteiger partial charge in [0.2, 0.25) is 11.7 Å². The quantitative estimate of drug-likeness (QED) is 0.646. The van der Waals surface area contributed by atoms with Crippen LogP contribution in [-0.2, 0) is 5.41 Å². The second kappa shape index (κ2) is 5.47. The van der Waals surface area contributed by atoms with Gasteiger partial charge in [-0.1, -0.05) is 25.9 Å². The first-order valence-corrected chi connectivity index (χ1v) is 9.25. The molecule has 2 bridgehead atoms. The Balaban J connectivity index is 1.70. The zero-order valence-corrected chi connectivity index (χ0v) is 15.5. The Kier molecular flexibility index (Phi) is 3.36. The van der Waals surface area contributed by atoms with Gasteiger partial charge in [-0.15, -0.1) is 0 Å². The van der Waals surface area contributed by atoms with Crippen LogP contribution in [0.3, 0.4) is 0 Å². The molecule has 2 aliphatic carbocycles. The van der Waals surface area contributed by atoms with Gasteiger partial charge in [-0.25, -0.2) is 13.5 Å². The van der Waals surface area contributed by atoms with Crippen LogP contribution in [0.5, 0.6) is 0 Å². The van der Waals surface area contributed by atoms with E-state index >= 15 is 0 Å². The number of nitrogens with zero attached hydrogens (tertiary/aromatic N) is 4. The average Bonchev–Trinajstić information content (AvgIpc) is 3.35. The molecule has 3 aromatic rings. The van der Waals surface area contributed by atoms with Crippen LogP contribution in [0.25, 0.3) is 17.2 Å². The number of halogens is 2. The lowest BCUT2D eigenvalue weighted by Gasteiger charge is -2.14. The third-order valence-corrected chi connectivity index (χ3v) is 5.60. The van der Waals surface area contributed by atoms with E-state index in [1.807, 2.05) is 20.8 Å². The number of hydrogen-bond donors (Lipinski definition) is 0. The van der Waals surface area contributed by atoms with Gasteiger partial charge in [-0.05, 0) is 37.3 Å². The maximum absolute atomic E-state index is 14.5. The third-order valence-electron chi connectivity index (χ3n) is 5.60. The van der Waals surface area contributed by atoms with Crippen molar-refractivity contribution in [1.29, 1.82) is 0 Å². The molecule has 2 aliphatic rings. The topological polar surface area (TPSA) is 56.7 Å². The molecule has 1 aromatic carbocycles. The molecule has 0 N–H and O–H groups in total. The molecule has 0 spiro atoms. The standard InChI is InChI=1S/C20H20F2N4O/c1-20(2,3)19-23-18(25-27-19)16-15-10-4-5-11(8-10)17(15)26(24-16)14-7-6-12(21)9-13(14)22/h6-7,9-11H,4-5,8H2,1-3H3/t10-,11-/m1/s1. The van der Waals surface area contributed by atoms with Gasteiger partial charge in [-0.2, -0.15) is 10.1 Å². The minimum atomic E-state index is -0.627. The van der Waals surface area contributed by atoms with Crippen molar-refractivity contribution < 1.29 is 13.3 Å². The van der Waals surface area contributed by atoms with E-state index in [1.54, 1.807) is 4.68 Å². The van der Waals surface area contributed by atoms with E-state index in [2.05, 4.69) is 15.2 Å². The Morgan fingerprint density at radius 3 is 2.63 bits per heavy atom. The van der Waals surface area contributed by atoms with Gasteiger partial charge in [0, 0.05) is 23.0 Å². The first kappa shape index (κ1) is 16.6. The Labute approximate surface area is 155 Å². The molecule has 0 aliphatic heterocycles. The highest BCUT2D eigenvalue weighted by Crippen LogP contribution is 2.56. The summed E-state index contributed by atoms with van der Waals surface area (Å²) in [5.41, 5.74) is 2.75. The second-order valence-electron chi connectivity index (χ2n) is 8.54. The molecule has 0 amide bonds. The van der Waals surface area contributed by atoms with E-state index in [1.165, 1.54) is 12.1 Å². The van der Waals surface area contributed by atoms with Gasteiger partial charge in [0.1, 0.15) is 17.2 Å². The van der Waals surface area contributed by atoms with E-state index in [0.29, 0.717) is 29.2 Å². The normalized spacial score (nSPS) is 21.1. The minimum absolute atomic E-state index is 0.256. The number of fused-ring (bicyclic) bond motifs is 5. The Morgan fingerprint density at radius 2 is 1.93 bits per heavy atom. The molecule has 0 saturated heterocycles. The molecule has 1 fully saturated rings. The van der Waals surface area contributed by atoms with Crippen molar-refractivity contribution in [3.8, 4) is 17.2 Å². The van der Waals surface area contributed by atoms with Crippen LogP contribution in [0, 0.1) is 11.6 Å². The smallest absolute Gasteiger partial charge is 0.232 e. The van der Waals surface area contributed by atoms with Crippen LogP contribution in [-0.4, -0.2) is 19.9 Å². The van der Waals surface area contributed by atoms with Crippen molar-refractivity contribution in [2.24, 2.45) is 0 Å². The second-order valence-corrected chi connectivity index (χ2v) is 8.54. The van der Waals surface area contributed by atoms with E-state index in [-0.39, 0.29) is 11.1 Å². The summed E-state index contributed by atoms with van der Waals surface area (Å²) in [6.07, 6.45) is 3.18. The Bertz CT molecular complexity index is 1050. The number of aromatic nitrogens is 4. The SMILES string of the molecule is CC(C)(C)c1nc(-c2nn(-c3ccc(F)cc3F)c3c2[C@@H]2CC[C@@H]3C2)no1. The Hall–Kier alpha value is -2.57. The molecular weight excluding hydrogens is 350 g/mol. The minimum Gasteiger partial charge on any atom is -0.338 e. The maximum atomic E-state index is 14.5. The molecular formula is C20H20F2N4O. The zero-order valence-electron chi connectivity index (χ0n) is 15.5. The van der Waals surface area contributed by atoms with E-state index in [9.17, 15) is 8.78 Å². The van der Waals surface area contributed by atoms with Crippen LogP contribution in [0.4, 0.5) is 8.78 Å². The zero-order chi connectivity index (χ0) is 18.9. The lowest BCUT2D eigenvalue weighted by molar-refractivity contribution is 0.321. The molecule has 0 radical (unpaired) electrons. The maximum Gasteiger partial charge on any atom is 0.232 e. The van der Waals surface area contributed by atoms with Crippen LogP contribution < -0.4 is 0 Å². The van der Waals surface area contributed by atoms with Gasteiger partial charge < -0.3 is 4.52 Å². The fraction of sp³-hybridized carbons (Fsp3) is 0.450. The van der Waals surface area contributed by atoms with Crippen LogP contribution in [0.1, 0.15) is 69.0 Å². The first-order chi connectivity index (χ1) is 12.8. The van der Waals surface area contributed by atoms with E-state index in [0.717, 1.165) is 36.6 Å². The van der Waals surface area contributed by atoms with Gasteiger partial charge in [0.25, 0.3) is 0 Å². The summed E-state index contributed by atoms with van der Waals surface area (Å²) >= 11 is 0. The number of hydrogen-bond acceptors (Lipinski definition) is 4. The number of rotatable bonds is 2. The summed E-state index contributed by atoms with van der Waals surface area (Å²) in [7, 11) is 0. The molecule has 7 heteroatoms. The average molecular weight is 370 g/mol. The largest absolute Gasteiger partial charge is 0.338 e. The third kappa shape index (κ3) is 2.44. The summed E-state index contributed by atoms with van der Waals surface area (Å²) in [5, 5.41) is 8.81. The lowest BCUT2D eigenvalue weighted by atomic mass is 9.95. The molecule has 2 aromatic heterocycles. The lowest BCUT2D eigenvalue weighted by Crippen LogP contribution is -2.11. The first-order valence-electron chi connectivity index (χ1n) is 9.25. The Morgan fingerprint density at radius 1 is 1.15 bits per heavy atom. The number of benzene rings is 1. The fourth-order valence-corrected chi connectivity index (χ4v) is 4.36. The van der Waals surface area contributed by atoms with Crippen molar-refractivity contribution >= 4 is 0 Å². The molecule has 5 nitrogen and oxygen atoms in total. The molecule has 27 heavy (non-hydrogen) atoms. The molecule has 0 unspecified atom stereocenters. The predicted octanol–water partition coefficient (Wildman–Crippen LogP) is 4.86. The van der Waals surface area contributed by atoms with Crippen molar-refractivity contribution in [1.82, 2.24) is 19.9 Å². The van der Waals surface area contributed by atoms with Crippen molar-refractivity contribution in [2.75, 3.05) is 0 Å². The molecule has 5 rings (SSSR count). The van der Waals surface area contributed by atoms with Crippen LogP contribution in [0.2, 0.25) is 0 Å². The monoisotopic (exact) mass is 370 g/mol. The molecule has 140 valence electrons. The molecule has 1 saturated carbocycles. The molecule has 2 heterocycles. The van der Waals surface area contributed by atoms with Gasteiger partial charge in [-0.3, -0.25) is 0 Å².